The van der Waals surface area contributed by atoms with Crippen molar-refractivity contribution in [1.82, 2.24) is 4.98 Å². The van der Waals surface area contributed by atoms with Crippen molar-refractivity contribution in [3.05, 3.63) is 62.8 Å². The second-order valence-corrected chi connectivity index (χ2v) is 6.88. The van der Waals surface area contributed by atoms with E-state index in [9.17, 15) is 14.9 Å². The third kappa shape index (κ3) is 2.60. The Hall–Kier alpha value is -3.00. The molecule has 0 atom stereocenters. The molecule has 0 unspecified atom stereocenters. The molecule has 3 heterocycles. The molecule has 3 aromatic rings. The van der Waals surface area contributed by atoms with Gasteiger partial charge in [-0.1, -0.05) is 6.07 Å². The van der Waals surface area contributed by atoms with E-state index < -0.39 is 4.92 Å². The van der Waals surface area contributed by atoms with E-state index in [1.54, 1.807) is 29.4 Å². The van der Waals surface area contributed by atoms with Gasteiger partial charge < -0.3 is 9.32 Å². The van der Waals surface area contributed by atoms with Crippen LogP contribution in [0.1, 0.15) is 20.9 Å². The van der Waals surface area contributed by atoms with Crippen LogP contribution in [0.25, 0.3) is 10.8 Å². The van der Waals surface area contributed by atoms with Gasteiger partial charge >= 0.3 is 0 Å². The number of thiazole rings is 1. The SMILES string of the molecule is Cc1sc(-c2ccco2)nc1C(=O)N1CCc2ccc([N+](=O)[O-])cc21. The molecule has 7 nitrogen and oxygen atoms in total. The Labute approximate surface area is 146 Å². The number of furan rings is 1. The first-order chi connectivity index (χ1) is 12.0. The normalized spacial score (nSPS) is 13.1. The summed E-state index contributed by atoms with van der Waals surface area (Å²) in [6.45, 7) is 2.32. The van der Waals surface area contributed by atoms with Crippen molar-refractivity contribution in [2.75, 3.05) is 11.4 Å². The van der Waals surface area contributed by atoms with Gasteiger partial charge in [-0.3, -0.25) is 14.9 Å². The van der Waals surface area contributed by atoms with Crippen molar-refractivity contribution in [1.29, 1.82) is 0 Å². The maximum absolute atomic E-state index is 13.0. The number of rotatable bonds is 3. The zero-order valence-electron chi connectivity index (χ0n) is 13.3. The average molecular weight is 355 g/mol. The Kier molecular flexibility index (Phi) is 3.61. The number of nitrogens with zero attached hydrogens (tertiary/aromatic N) is 3. The van der Waals surface area contributed by atoms with E-state index in [1.807, 2.05) is 6.92 Å². The minimum Gasteiger partial charge on any atom is -0.462 e. The van der Waals surface area contributed by atoms with Gasteiger partial charge in [0.15, 0.2) is 10.8 Å². The summed E-state index contributed by atoms with van der Waals surface area (Å²) in [5.41, 5.74) is 1.85. The highest BCUT2D eigenvalue weighted by atomic mass is 32.1. The van der Waals surface area contributed by atoms with Crippen LogP contribution in [0.4, 0.5) is 11.4 Å². The quantitative estimate of drug-likeness (QED) is 0.526. The molecule has 0 radical (unpaired) electrons. The molecule has 0 saturated heterocycles. The third-order valence-corrected chi connectivity index (χ3v) is 5.14. The van der Waals surface area contributed by atoms with Crippen LogP contribution >= 0.6 is 11.3 Å². The zero-order chi connectivity index (χ0) is 17.6. The Bertz CT molecular complexity index is 978. The number of nitro benzene ring substituents is 1. The number of amides is 1. The summed E-state index contributed by atoms with van der Waals surface area (Å²) in [5.74, 6) is 0.371. The number of fused-ring (bicyclic) bond motifs is 1. The molecule has 0 N–H and O–H groups in total. The lowest BCUT2D eigenvalue weighted by molar-refractivity contribution is -0.384. The Morgan fingerprint density at radius 2 is 2.24 bits per heavy atom. The summed E-state index contributed by atoms with van der Waals surface area (Å²) in [6, 6.07) is 8.19. The Morgan fingerprint density at radius 3 is 2.96 bits per heavy atom. The fraction of sp³-hybridized carbons (Fsp3) is 0.176. The number of hydrogen-bond acceptors (Lipinski definition) is 6. The molecule has 1 aliphatic heterocycles. The van der Waals surface area contributed by atoms with Crippen molar-refractivity contribution >= 4 is 28.6 Å². The van der Waals surface area contributed by atoms with E-state index in [2.05, 4.69) is 4.98 Å². The number of aromatic nitrogens is 1. The lowest BCUT2D eigenvalue weighted by atomic mass is 10.1. The Morgan fingerprint density at radius 1 is 1.40 bits per heavy atom. The molecule has 0 bridgehead atoms. The number of carbonyl (C=O) groups is 1. The monoisotopic (exact) mass is 355 g/mol. The summed E-state index contributed by atoms with van der Waals surface area (Å²) >= 11 is 1.39. The molecule has 126 valence electrons. The molecule has 1 aliphatic rings. The predicted molar refractivity (Wildman–Crippen MR) is 93.0 cm³/mol. The van der Waals surface area contributed by atoms with Crippen LogP contribution in [-0.4, -0.2) is 22.4 Å². The highest BCUT2D eigenvalue weighted by Crippen LogP contribution is 2.34. The number of anilines is 1. The molecule has 0 saturated carbocycles. The third-order valence-electron chi connectivity index (χ3n) is 4.15. The molecule has 0 fully saturated rings. The highest BCUT2D eigenvalue weighted by molar-refractivity contribution is 7.15. The van der Waals surface area contributed by atoms with Crippen LogP contribution in [0.2, 0.25) is 0 Å². The maximum atomic E-state index is 13.0. The first kappa shape index (κ1) is 15.5. The van der Waals surface area contributed by atoms with E-state index in [0.717, 1.165) is 10.4 Å². The van der Waals surface area contributed by atoms with Gasteiger partial charge in [0.25, 0.3) is 11.6 Å². The largest absolute Gasteiger partial charge is 0.462 e. The molecule has 1 aromatic carbocycles. The summed E-state index contributed by atoms with van der Waals surface area (Å²) in [7, 11) is 0. The van der Waals surface area contributed by atoms with Gasteiger partial charge in [-0.2, -0.15) is 0 Å². The molecular formula is C17H13N3O4S. The van der Waals surface area contributed by atoms with E-state index in [0.29, 0.717) is 35.1 Å². The number of hydrogen-bond donors (Lipinski definition) is 0. The first-order valence-electron chi connectivity index (χ1n) is 7.65. The van der Waals surface area contributed by atoms with E-state index in [1.165, 1.54) is 23.5 Å². The molecule has 0 spiro atoms. The zero-order valence-corrected chi connectivity index (χ0v) is 14.1. The van der Waals surface area contributed by atoms with Crippen LogP contribution < -0.4 is 4.90 Å². The van der Waals surface area contributed by atoms with E-state index >= 15 is 0 Å². The predicted octanol–water partition coefficient (Wildman–Crippen LogP) is 3.82. The lowest BCUT2D eigenvalue weighted by Crippen LogP contribution is -2.29. The van der Waals surface area contributed by atoms with Crippen molar-refractivity contribution in [3.63, 3.8) is 0 Å². The topological polar surface area (TPSA) is 89.5 Å². The van der Waals surface area contributed by atoms with Crippen LogP contribution in [-0.2, 0) is 6.42 Å². The summed E-state index contributed by atoms with van der Waals surface area (Å²) < 4.78 is 5.34. The van der Waals surface area contributed by atoms with Gasteiger partial charge in [-0.05, 0) is 31.0 Å². The smallest absolute Gasteiger partial charge is 0.278 e. The minimum atomic E-state index is -0.454. The fourth-order valence-electron chi connectivity index (χ4n) is 2.92. The van der Waals surface area contributed by atoms with Gasteiger partial charge in [0, 0.05) is 23.6 Å². The van der Waals surface area contributed by atoms with Crippen molar-refractivity contribution in [2.24, 2.45) is 0 Å². The molecule has 1 amide bonds. The molecule has 0 aliphatic carbocycles. The van der Waals surface area contributed by atoms with Crippen LogP contribution in [0.3, 0.4) is 0 Å². The summed E-state index contributed by atoms with van der Waals surface area (Å²) in [4.78, 5) is 30.3. The maximum Gasteiger partial charge on any atom is 0.278 e. The molecule has 25 heavy (non-hydrogen) atoms. The van der Waals surface area contributed by atoms with Gasteiger partial charge in [0.2, 0.25) is 0 Å². The second kappa shape index (κ2) is 5.82. The van der Waals surface area contributed by atoms with Crippen LogP contribution in [0, 0.1) is 17.0 Å². The van der Waals surface area contributed by atoms with E-state index in [4.69, 9.17) is 4.42 Å². The summed E-state index contributed by atoms with van der Waals surface area (Å²) in [5, 5.41) is 11.7. The van der Waals surface area contributed by atoms with Gasteiger partial charge in [-0.15, -0.1) is 11.3 Å². The van der Waals surface area contributed by atoms with Crippen LogP contribution in [0.15, 0.2) is 41.0 Å². The molecule has 8 heteroatoms. The van der Waals surface area contributed by atoms with E-state index in [-0.39, 0.29) is 11.6 Å². The molecule has 4 rings (SSSR count). The summed E-state index contributed by atoms with van der Waals surface area (Å²) in [6.07, 6.45) is 2.23. The number of carbonyl (C=O) groups excluding carboxylic acids is 1. The Balaban J connectivity index is 1.70. The minimum absolute atomic E-state index is 0.0234. The number of benzene rings is 1. The number of aryl methyl sites for hydroxylation is 1. The average Bonchev–Trinajstić information content (AvgIpc) is 3.32. The van der Waals surface area contributed by atoms with Crippen molar-refractivity contribution < 1.29 is 14.1 Å². The lowest BCUT2D eigenvalue weighted by Gasteiger charge is -2.16. The van der Waals surface area contributed by atoms with Crippen LogP contribution in [0.5, 0.6) is 0 Å². The standard InChI is InChI=1S/C17H13N3O4S/c1-10-15(18-16(25-10)14-3-2-8-24-14)17(21)19-7-6-11-4-5-12(20(22)23)9-13(11)19/h2-5,8-9H,6-7H2,1H3. The van der Waals surface area contributed by atoms with Crippen molar-refractivity contribution in [3.8, 4) is 10.8 Å². The molecule has 2 aromatic heterocycles. The first-order valence-corrected chi connectivity index (χ1v) is 8.47. The van der Waals surface area contributed by atoms with Gasteiger partial charge in [0.05, 0.1) is 16.9 Å². The van der Waals surface area contributed by atoms with Crippen molar-refractivity contribution in [2.45, 2.75) is 13.3 Å². The van der Waals surface area contributed by atoms with Gasteiger partial charge in [-0.25, -0.2) is 4.98 Å². The number of non-ortho nitro benzene ring substituents is 1. The highest BCUT2D eigenvalue weighted by Gasteiger charge is 2.30. The van der Waals surface area contributed by atoms with Gasteiger partial charge in [0.1, 0.15) is 5.69 Å². The number of nitro groups is 1. The molecular weight excluding hydrogens is 342 g/mol. The second-order valence-electron chi connectivity index (χ2n) is 5.68. The fourth-order valence-corrected chi connectivity index (χ4v) is 3.79.